The lowest BCUT2D eigenvalue weighted by molar-refractivity contribution is 0.259. The average Bonchev–Trinajstić information content (AvgIpc) is 2.20. The number of primary amides is 1. The van der Waals surface area contributed by atoms with Crippen molar-refractivity contribution >= 4 is 11.7 Å². The largest absolute Gasteiger partial charge is 0.351 e. The lowest BCUT2D eigenvalue weighted by Gasteiger charge is -2.04. The first kappa shape index (κ1) is 11.6. The monoisotopic (exact) mass is 206 g/mol. The van der Waals surface area contributed by atoms with E-state index in [-0.39, 0.29) is 0 Å². The van der Waals surface area contributed by atoms with Gasteiger partial charge in [-0.25, -0.2) is 4.79 Å². The van der Waals surface area contributed by atoms with Gasteiger partial charge in [0.25, 0.3) is 0 Å². The molecule has 0 radical (unpaired) electrons. The number of aryl methyl sites for hydroxylation is 1. The molecule has 0 heterocycles. The molecule has 0 saturated heterocycles. The predicted octanol–water partition coefficient (Wildman–Crippen LogP) is 2.91. The third kappa shape index (κ3) is 4.49. The molecule has 0 saturated carbocycles. The fourth-order valence-corrected chi connectivity index (χ4v) is 1.48. The molecule has 0 unspecified atom stereocenters. The Kier molecular flexibility index (Phi) is 4.68. The van der Waals surface area contributed by atoms with Gasteiger partial charge in [0.15, 0.2) is 0 Å². The summed E-state index contributed by atoms with van der Waals surface area (Å²) in [6.45, 7) is 2.19. The van der Waals surface area contributed by atoms with Crippen LogP contribution in [0.5, 0.6) is 0 Å². The fourth-order valence-electron chi connectivity index (χ4n) is 1.48. The molecule has 0 aromatic heterocycles. The summed E-state index contributed by atoms with van der Waals surface area (Å²) in [5.41, 5.74) is 7.07. The van der Waals surface area contributed by atoms with Gasteiger partial charge >= 0.3 is 6.03 Å². The topological polar surface area (TPSA) is 55.1 Å². The van der Waals surface area contributed by atoms with Crippen LogP contribution in [0.25, 0.3) is 0 Å². The van der Waals surface area contributed by atoms with E-state index in [0.29, 0.717) is 0 Å². The molecule has 0 fully saturated rings. The predicted molar refractivity (Wildman–Crippen MR) is 62.9 cm³/mol. The van der Waals surface area contributed by atoms with Crippen molar-refractivity contribution in [3.8, 4) is 0 Å². The van der Waals surface area contributed by atoms with Crippen LogP contribution in [0.4, 0.5) is 10.5 Å². The average molecular weight is 206 g/mol. The van der Waals surface area contributed by atoms with E-state index in [1.165, 1.54) is 24.8 Å². The molecule has 1 aromatic rings. The summed E-state index contributed by atoms with van der Waals surface area (Å²) in [6, 6.07) is 7.30. The first-order chi connectivity index (χ1) is 7.22. The summed E-state index contributed by atoms with van der Waals surface area (Å²) in [5, 5.41) is 2.54. The highest BCUT2D eigenvalue weighted by Crippen LogP contribution is 2.11. The van der Waals surface area contributed by atoms with Crippen LogP contribution < -0.4 is 11.1 Å². The van der Waals surface area contributed by atoms with Gasteiger partial charge in [-0.05, 0) is 30.5 Å². The first-order valence-electron chi connectivity index (χ1n) is 5.37. The van der Waals surface area contributed by atoms with E-state index in [9.17, 15) is 4.79 Å². The summed E-state index contributed by atoms with van der Waals surface area (Å²) in [5.74, 6) is 0. The van der Waals surface area contributed by atoms with Crippen LogP contribution in [-0.2, 0) is 6.42 Å². The molecular formula is C12H18N2O. The van der Waals surface area contributed by atoms with Crippen LogP contribution in [-0.4, -0.2) is 6.03 Å². The van der Waals surface area contributed by atoms with Crippen molar-refractivity contribution < 1.29 is 4.79 Å². The van der Waals surface area contributed by atoms with E-state index >= 15 is 0 Å². The summed E-state index contributed by atoms with van der Waals surface area (Å²) in [7, 11) is 0. The smallest absolute Gasteiger partial charge is 0.316 e. The van der Waals surface area contributed by atoms with Gasteiger partial charge in [0.05, 0.1) is 0 Å². The number of carbonyl (C=O) groups is 1. The highest BCUT2D eigenvalue weighted by Gasteiger charge is 1.96. The van der Waals surface area contributed by atoms with E-state index in [0.717, 1.165) is 12.1 Å². The Bertz CT molecular complexity index is 306. The number of hydrogen-bond acceptors (Lipinski definition) is 1. The zero-order valence-electron chi connectivity index (χ0n) is 9.12. The molecule has 1 aromatic carbocycles. The molecule has 3 N–H and O–H groups in total. The third-order valence-corrected chi connectivity index (χ3v) is 2.29. The van der Waals surface area contributed by atoms with Gasteiger partial charge in [0.1, 0.15) is 0 Å². The zero-order chi connectivity index (χ0) is 11.1. The van der Waals surface area contributed by atoms with Crippen LogP contribution >= 0.6 is 0 Å². The number of carbonyl (C=O) groups excluding carboxylic acids is 1. The van der Waals surface area contributed by atoms with Crippen molar-refractivity contribution in [2.75, 3.05) is 5.32 Å². The molecule has 82 valence electrons. The molecular weight excluding hydrogens is 188 g/mol. The van der Waals surface area contributed by atoms with Crippen molar-refractivity contribution in [3.05, 3.63) is 29.8 Å². The second-order valence-corrected chi connectivity index (χ2v) is 3.64. The molecule has 0 aliphatic carbocycles. The Hall–Kier alpha value is -1.51. The molecule has 0 atom stereocenters. The van der Waals surface area contributed by atoms with Crippen LogP contribution in [0, 0.1) is 0 Å². The Morgan fingerprint density at radius 1 is 1.27 bits per heavy atom. The number of benzene rings is 1. The lowest BCUT2D eigenvalue weighted by Crippen LogP contribution is -2.19. The third-order valence-electron chi connectivity index (χ3n) is 2.29. The van der Waals surface area contributed by atoms with Crippen molar-refractivity contribution in [3.63, 3.8) is 0 Å². The molecule has 15 heavy (non-hydrogen) atoms. The Morgan fingerprint density at radius 3 is 2.47 bits per heavy atom. The van der Waals surface area contributed by atoms with Gasteiger partial charge in [-0.3, -0.25) is 0 Å². The second kappa shape index (κ2) is 6.06. The van der Waals surface area contributed by atoms with E-state index < -0.39 is 6.03 Å². The maximum Gasteiger partial charge on any atom is 0.316 e. The minimum absolute atomic E-state index is 0.520. The van der Waals surface area contributed by atoms with Crippen LogP contribution in [0.15, 0.2) is 24.3 Å². The molecule has 0 spiro atoms. The van der Waals surface area contributed by atoms with Crippen LogP contribution in [0.3, 0.4) is 0 Å². The molecule has 3 nitrogen and oxygen atoms in total. The number of rotatable bonds is 5. The summed E-state index contributed by atoms with van der Waals surface area (Å²) in [4.78, 5) is 10.6. The Balaban J connectivity index is 2.45. The fraction of sp³-hybridized carbons (Fsp3) is 0.417. The van der Waals surface area contributed by atoms with Gasteiger partial charge < -0.3 is 11.1 Å². The molecule has 3 heteroatoms. The summed E-state index contributed by atoms with van der Waals surface area (Å²) >= 11 is 0. The van der Waals surface area contributed by atoms with Crippen molar-refractivity contribution in [2.45, 2.75) is 32.6 Å². The zero-order valence-corrected chi connectivity index (χ0v) is 9.12. The van der Waals surface area contributed by atoms with E-state index in [4.69, 9.17) is 5.73 Å². The number of urea groups is 1. The minimum atomic E-state index is -0.520. The van der Waals surface area contributed by atoms with Crippen molar-refractivity contribution in [1.29, 1.82) is 0 Å². The van der Waals surface area contributed by atoms with E-state index in [2.05, 4.69) is 12.2 Å². The van der Waals surface area contributed by atoms with Crippen molar-refractivity contribution in [1.82, 2.24) is 0 Å². The van der Waals surface area contributed by atoms with E-state index in [1.807, 2.05) is 24.3 Å². The number of amides is 2. The summed E-state index contributed by atoms with van der Waals surface area (Å²) in [6.07, 6.45) is 4.83. The summed E-state index contributed by atoms with van der Waals surface area (Å²) < 4.78 is 0. The highest BCUT2D eigenvalue weighted by molar-refractivity contribution is 5.87. The SMILES string of the molecule is CCCCCc1ccc(NC(N)=O)cc1. The molecule has 0 bridgehead atoms. The quantitative estimate of drug-likeness (QED) is 0.715. The van der Waals surface area contributed by atoms with Crippen LogP contribution in [0.2, 0.25) is 0 Å². The maximum absolute atomic E-state index is 10.6. The molecule has 2 amide bonds. The second-order valence-electron chi connectivity index (χ2n) is 3.64. The number of hydrogen-bond donors (Lipinski definition) is 2. The van der Waals surface area contributed by atoms with Gasteiger partial charge in [-0.15, -0.1) is 0 Å². The maximum atomic E-state index is 10.6. The highest BCUT2D eigenvalue weighted by atomic mass is 16.2. The number of anilines is 1. The standard InChI is InChI=1S/C12H18N2O/c1-2-3-4-5-10-6-8-11(9-7-10)14-12(13)15/h6-9H,2-5H2,1H3,(H3,13,14,15). The van der Waals surface area contributed by atoms with Crippen LogP contribution in [0.1, 0.15) is 31.7 Å². The normalized spacial score (nSPS) is 9.93. The minimum Gasteiger partial charge on any atom is -0.351 e. The van der Waals surface area contributed by atoms with Gasteiger partial charge in [-0.2, -0.15) is 0 Å². The van der Waals surface area contributed by atoms with Gasteiger partial charge in [0.2, 0.25) is 0 Å². The lowest BCUT2D eigenvalue weighted by atomic mass is 10.1. The Labute approximate surface area is 90.7 Å². The number of unbranched alkanes of at least 4 members (excludes halogenated alkanes) is 2. The van der Waals surface area contributed by atoms with E-state index in [1.54, 1.807) is 0 Å². The van der Waals surface area contributed by atoms with Crippen molar-refractivity contribution in [2.24, 2.45) is 5.73 Å². The molecule has 0 aliphatic rings. The van der Waals surface area contributed by atoms with Gasteiger partial charge in [0, 0.05) is 5.69 Å². The van der Waals surface area contributed by atoms with Gasteiger partial charge in [-0.1, -0.05) is 31.9 Å². The molecule has 0 aliphatic heterocycles. The Morgan fingerprint density at radius 2 is 1.93 bits per heavy atom. The number of nitrogens with two attached hydrogens (primary N) is 1. The number of nitrogens with one attached hydrogen (secondary N) is 1. The molecule has 1 rings (SSSR count). The first-order valence-corrected chi connectivity index (χ1v) is 5.37.